The van der Waals surface area contributed by atoms with Gasteiger partial charge < -0.3 is 9.64 Å². The molecule has 146 valence electrons. The maximum Gasteiger partial charge on any atom is 0.255 e. The van der Waals surface area contributed by atoms with Gasteiger partial charge >= 0.3 is 0 Å². The van der Waals surface area contributed by atoms with Crippen LogP contribution in [0.25, 0.3) is 0 Å². The molecule has 0 N–H and O–H groups in total. The summed E-state index contributed by atoms with van der Waals surface area (Å²) < 4.78 is 7.23. The summed E-state index contributed by atoms with van der Waals surface area (Å²) in [5.74, 6) is 0.0102. The van der Waals surface area contributed by atoms with Crippen LogP contribution in [0, 0.1) is 13.8 Å². The molecule has 0 spiro atoms. The second-order valence-electron chi connectivity index (χ2n) is 7.22. The molecule has 3 rings (SSSR count). The van der Waals surface area contributed by atoms with Crippen molar-refractivity contribution >= 4 is 5.91 Å². The van der Waals surface area contributed by atoms with Crippen LogP contribution in [0.3, 0.4) is 0 Å². The molecule has 1 amide bonds. The number of aromatic nitrogens is 3. The molecule has 0 fully saturated rings. The number of carbonyl (C=O) groups is 1. The maximum absolute atomic E-state index is 13.2. The number of hydrogen-bond acceptors (Lipinski definition) is 4. The average Bonchev–Trinajstić information content (AvgIpc) is 2.97. The Morgan fingerprint density at radius 1 is 1.30 bits per heavy atom. The number of nitrogens with zero attached hydrogens (tertiary/aromatic N) is 4. The third-order valence-electron chi connectivity index (χ3n) is 5.45. The molecule has 0 bridgehead atoms. The highest BCUT2D eigenvalue weighted by Crippen LogP contribution is 2.22. The normalized spacial score (nSPS) is 13.5. The van der Waals surface area contributed by atoms with Crippen LogP contribution in [0.15, 0.2) is 12.3 Å². The monoisotopic (exact) mass is 370 g/mol. The number of pyridine rings is 1. The molecule has 2 heterocycles. The zero-order valence-electron chi connectivity index (χ0n) is 16.9. The lowest BCUT2D eigenvalue weighted by molar-refractivity contribution is 0.0679. The molecule has 2 aromatic heterocycles. The van der Waals surface area contributed by atoms with Gasteiger partial charge in [0, 0.05) is 49.9 Å². The van der Waals surface area contributed by atoms with Crippen LogP contribution in [0.5, 0.6) is 0 Å². The van der Waals surface area contributed by atoms with Crippen LogP contribution in [0.1, 0.15) is 58.3 Å². The van der Waals surface area contributed by atoms with E-state index in [0.29, 0.717) is 25.3 Å². The second kappa shape index (κ2) is 8.65. The first-order chi connectivity index (χ1) is 13.0. The predicted octanol–water partition coefficient (Wildman–Crippen LogP) is 3.08. The number of aryl methyl sites for hydroxylation is 4. The van der Waals surface area contributed by atoms with Crippen LogP contribution in [0.2, 0.25) is 0 Å². The van der Waals surface area contributed by atoms with Crippen molar-refractivity contribution in [3.8, 4) is 0 Å². The Morgan fingerprint density at radius 3 is 2.78 bits per heavy atom. The van der Waals surface area contributed by atoms with Gasteiger partial charge in [-0.3, -0.25) is 14.5 Å². The molecular weight excluding hydrogens is 340 g/mol. The van der Waals surface area contributed by atoms with Gasteiger partial charge in [-0.2, -0.15) is 5.10 Å². The molecule has 0 aliphatic heterocycles. The topological polar surface area (TPSA) is 60.2 Å². The van der Waals surface area contributed by atoms with Gasteiger partial charge in [0.25, 0.3) is 5.91 Å². The van der Waals surface area contributed by atoms with Crippen molar-refractivity contribution < 1.29 is 9.53 Å². The molecule has 0 saturated carbocycles. The van der Waals surface area contributed by atoms with E-state index in [0.717, 1.165) is 42.0 Å². The van der Waals surface area contributed by atoms with Crippen LogP contribution in [-0.2, 0) is 30.7 Å². The largest absolute Gasteiger partial charge is 0.383 e. The lowest BCUT2D eigenvalue weighted by Crippen LogP contribution is -2.34. The molecule has 0 atom stereocenters. The molecule has 6 heteroatoms. The first-order valence-electron chi connectivity index (χ1n) is 9.84. The molecule has 0 saturated heterocycles. The van der Waals surface area contributed by atoms with Crippen molar-refractivity contribution in [1.82, 2.24) is 19.7 Å². The number of amides is 1. The average molecular weight is 370 g/mol. The Morgan fingerprint density at radius 2 is 2.07 bits per heavy atom. The van der Waals surface area contributed by atoms with Crippen LogP contribution in [-0.4, -0.2) is 45.8 Å². The zero-order valence-corrected chi connectivity index (χ0v) is 16.9. The fraction of sp³-hybridized carbons (Fsp3) is 0.571. The number of fused-ring (bicyclic) bond motifs is 1. The minimum Gasteiger partial charge on any atom is -0.383 e. The summed E-state index contributed by atoms with van der Waals surface area (Å²) in [6.07, 6.45) is 6.14. The smallest absolute Gasteiger partial charge is 0.255 e. The zero-order chi connectivity index (χ0) is 19.4. The van der Waals surface area contributed by atoms with Gasteiger partial charge in [-0.05, 0) is 58.1 Å². The van der Waals surface area contributed by atoms with Crippen molar-refractivity contribution in [2.45, 2.75) is 59.5 Å². The van der Waals surface area contributed by atoms with Gasteiger partial charge in [0.1, 0.15) is 0 Å². The van der Waals surface area contributed by atoms with Crippen molar-refractivity contribution in [2.75, 3.05) is 20.3 Å². The molecular formula is C21H30N4O2. The summed E-state index contributed by atoms with van der Waals surface area (Å²) in [7, 11) is 1.66. The highest BCUT2D eigenvalue weighted by atomic mass is 16.5. The molecule has 0 aromatic carbocycles. The lowest BCUT2D eigenvalue weighted by atomic mass is 9.95. The predicted molar refractivity (Wildman–Crippen MR) is 105 cm³/mol. The van der Waals surface area contributed by atoms with Crippen molar-refractivity contribution in [1.29, 1.82) is 0 Å². The first-order valence-corrected chi connectivity index (χ1v) is 9.84. The van der Waals surface area contributed by atoms with Crippen molar-refractivity contribution in [2.24, 2.45) is 0 Å². The van der Waals surface area contributed by atoms with E-state index < -0.39 is 0 Å². The third kappa shape index (κ3) is 4.21. The molecule has 27 heavy (non-hydrogen) atoms. The summed E-state index contributed by atoms with van der Waals surface area (Å²) >= 11 is 0. The van der Waals surface area contributed by atoms with E-state index in [2.05, 4.69) is 23.9 Å². The summed E-state index contributed by atoms with van der Waals surface area (Å²) in [5.41, 5.74) is 6.26. The van der Waals surface area contributed by atoms with E-state index in [1.165, 1.54) is 18.4 Å². The van der Waals surface area contributed by atoms with E-state index in [-0.39, 0.29) is 5.91 Å². The quantitative estimate of drug-likeness (QED) is 0.751. The van der Waals surface area contributed by atoms with E-state index >= 15 is 0 Å². The standard InChI is InChI=1S/C21H30N4O2/c1-5-25-16(3)19(15(2)23-25)14-24(10-11-27-4)21(26)18-12-17-8-6-7-9-20(17)22-13-18/h12-13H,5-11,14H2,1-4H3. The highest BCUT2D eigenvalue weighted by molar-refractivity contribution is 5.94. The summed E-state index contributed by atoms with van der Waals surface area (Å²) in [6.45, 7) is 8.57. The molecule has 6 nitrogen and oxygen atoms in total. The summed E-state index contributed by atoms with van der Waals surface area (Å²) in [4.78, 5) is 19.7. The Labute approximate surface area is 161 Å². The van der Waals surface area contributed by atoms with Gasteiger partial charge in [-0.15, -0.1) is 0 Å². The first kappa shape index (κ1) is 19.5. The molecule has 0 unspecified atom stereocenters. The Kier molecular flexibility index (Phi) is 6.26. The van der Waals surface area contributed by atoms with Gasteiger partial charge in [0.2, 0.25) is 0 Å². The fourth-order valence-electron chi connectivity index (χ4n) is 3.80. The summed E-state index contributed by atoms with van der Waals surface area (Å²) in [6, 6.07) is 2.04. The Hall–Kier alpha value is -2.21. The van der Waals surface area contributed by atoms with E-state index in [1.807, 2.05) is 22.6 Å². The lowest BCUT2D eigenvalue weighted by Gasteiger charge is -2.24. The maximum atomic E-state index is 13.2. The number of methoxy groups -OCH3 is 1. The minimum absolute atomic E-state index is 0.0102. The SMILES string of the molecule is CCn1nc(C)c(CN(CCOC)C(=O)c2cnc3c(c2)CCCC3)c1C. The van der Waals surface area contributed by atoms with Crippen LogP contribution in [0.4, 0.5) is 0 Å². The molecule has 0 radical (unpaired) electrons. The number of carbonyl (C=O) groups excluding carboxylic acids is 1. The van der Waals surface area contributed by atoms with Gasteiger partial charge in [-0.1, -0.05) is 0 Å². The highest BCUT2D eigenvalue weighted by Gasteiger charge is 2.22. The molecule has 1 aliphatic carbocycles. The van der Waals surface area contributed by atoms with Crippen LogP contribution < -0.4 is 0 Å². The van der Waals surface area contributed by atoms with Gasteiger partial charge in [-0.25, -0.2) is 0 Å². The minimum atomic E-state index is 0.0102. The number of hydrogen-bond donors (Lipinski definition) is 0. The number of ether oxygens (including phenoxy) is 1. The van der Waals surface area contributed by atoms with E-state index in [4.69, 9.17) is 4.74 Å². The molecule has 1 aliphatic rings. The van der Waals surface area contributed by atoms with Crippen molar-refractivity contribution in [3.05, 3.63) is 46.0 Å². The van der Waals surface area contributed by atoms with E-state index in [1.54, 1.807) is 13.3 Å². The Balaban J connectivity index is 1.86. The second-order valence-corrected chi connectivity index (χ2v) is 7.22. The van der Waals surface area contributed by atoms with Crippen molar-refractivity contribution in [3.63, 3.8) is 0 Å². The Bertz CT molecular complexity index is 813. The fourth-order valence-corrected chi connectivity index (χ4v) is 3.80. The van der Waals surface area contributed by atoms with Gasteiger partial charge in [0.15, 0.2) is 0 Å². The van der Waals surface area contributed by atoms with E-state index in [9.17, 15) is 4.79 Å². The number of rotatable bonds is 7. The van der Waals surface area contributed by atoms with Crippen LogP contribution >= 0.6 is 0 Å². The third-order valence-corrected chi connectivity index (χ3v) is 5.45. The molecule has 2 aromatic rings. The van der Waals surface area contributed by atoms with Gasteiger partial charge in [0.05, 0.1) is 17.9 Å². The summed E-state index contributed by atoms with van der Waals surface area (Å²) in [5, 5.41) is 4.59.